The number of benzene rings is 3. The summed E-state index contributed by atoms with van der Waals surface area (Å²) in [4.78, 5) is 17.2. The number of carbonyl (C=O) groups excluding carboxylic acids is 1. The Kier molecular flexibility index (Phi) is 7.74. The molecule has 1 aliphatic rings. The normalized spacial score (nSPS) is 14.4. The van der Waals surface area contributed by atoms with Gasteiger partial charge in [-0.3, -0.25) is 9.69 Å². The van der Waals surface area contributed by atoms with Gasteiger partial charge in [0, 0.05) is 58.4 Å². The minimum Gasteiger partial charge on any atom is -0.489 e. The molecule has 1 aliphatic heterocycles. The molecule has 0 aliphatic carbocycles. The van der Waals surface area contributed by atoms with Gasteiger partial charge in [-0.25, -0.2) is 0 Å². The Morgan fingerprint density at radius 3 is 2.25 bits per heavy atom. The maximum absolute atomic E-state index is 13.1. The number of carbonyl (C=O) groups is 1. The summed E-state index contributed by atoms with van der Waals surface area (Å²) in [6, 6.07) is 20.9. The lowest BCUT2D eigenvalue weighted by Gasteiger charge is -2.35. The predicted molar refractivity (Wildman–Crippen MR) is 133 cm³/mol. The molecule has 4 rings (SSSR count). The van der Waals surface area contributed by atoms with Crippen molar-refractivity contribution in [1.29, 1.82) is 0 Å². The second-order valence-corrected chi connectivity index (χ2v) is 9.44. The molecular weight excluding hydrogens is 511 g/mol. The molecule has 7 heteroatoms. The second kappa shape index (κ2) is 10.7. The van der Waals surface area contributed by atoms with Gasteiger partial charge in [-0.1, -0.05) is 57.3 Å². The number of hydrogen-bond donors (Lipinski definition) is 0. The highest BCUT2D eigenvalue weighted by Crippen LogP contribution is 2.26. The van der Waals surface area contributed by atoms with Crippen molar-refractivity contribution in [2.24, 2.45) is 0 Å². The summed E-state index contributed by atoms with van der Waals surface area (Å²) in [5.74, 6) is 0.839. The number of piperazine rings is 1. The Balaban J connectivity index is 1.33. The predicted octanol–water partition coefficient (Wildman–Crippen LogP) is 6.29. The molecule has 4 nitrogen and oxygen atoms in total. The first-order chi connectivity index (χ1) is 15.5. The van der Waals surface area contributed by atoms with E-state index in [1.807, 2.05) is 71.6 Å². The van der Waals surface area contributed by atoms with Crippen LogP contribution in [0.5, 0.6) is 5.75 Å². The van der Waals surface area contributed by atoms with Crippen LogP contribution in [0.4, 0.5) is 0 Å². The van der Waals surface area contributed by atoms with Crippen LogP contribution in [-0.4, -0.2) is 41.9 Å². The first kappa shape index (κ1) is 23.1. The number of rotatable bonds is 6. The van der Waals surface area contributed by atoms with Crippen LogP contribution in [0.2, 0.25) is 10.0 Å². The lowest BCUT2D eigenvalue weighted by molar-refractivity contribution is 0.0628. The van der Waals surface area contributed by atoms with Crippen LogP contribution < -0.4 is 4.74 Å². The SMILES string of the molecule is O=C(c1cccc(COc2ccc(Br)cc2)c1)N1CCN(Cc2c(Cl)cccc2Cl)CC1. The molecule has 1 amide bonds. The molecule has 0 unspecified atom stereocenters. The van der Waals surface area contributed by atoms with Crippen molar-refractivity contribution < 1.29 is 9.53 Å². The van der Waals surface area contributed by atoms with Gasteiger partial charge in [-0.2, -0.15) is 0 Å². The topological polar surface area (TPSA) is 32.8 Å². The number of nitrogens with zero attached hydrogens (tertiary/aromatic N) is 2. The number of amides is 1. The maximum atomic E-state index is 13.1. The lowest BCUT2D eigenvalue weighted by atomic mass is 10.1. The number of ether oxygens (including phenoxy) is 1. The van der Waals surface area contributed by atoms with E-state index in [1.165, 1.54) is 0 Å². The van der Waals surface area contributed by atoms with Crippen molar-refractivity contribution in [3.8, 4) is 5.75 Å². The van der Waals surface area contributed by atoms with Gasteiger partial charge in [0.1, 0.15) is 12.4 Å². The summed E-state index contributed by atoms with van der Waals surface area (Å²) in [7, 11) is 0. The average molecular weight is 534 g/mol. The van der Waals surface area contributed by atoms with Crippen molar-refractivity contribution in [3.63, 3.8) is 0 Å². The monoisotopic (exact) mass is 532 g/mol. The quantitative estimate of drug-likeness (QED) is 0.373. The van der Waals surface area contributed by atoms with Crippen LogP contribution in [0.1, 0.15) is 21.5 Å². The van der Waals surface area contributed by atoms with Gasteiger partial charge in [0.15, 0.2) is 0 Å². The summed E-state index contributed by atoms with van der Waals surface area (Å²) in [6.45, 7) is 3.99. The zero-order valence-electron chi connectivity index (χ0n) is 17.4. The molecule has 0 spiro atoms. The van der Waals surface area contributed by atoms with Crippen molar-refractivity contribution >= 4 is 45.0 Å². The van der Waals surface area contributed by atoms with Crippen molar-refractivity contribution in [2.75, 3.05) is 26.2 Å². The van der Waals surface area contributed by atoms with Gasteiger partial charge in [0.05, 0.1) is 0 Å². The molecule has 3 aromatic rings. The Morgan fingerprint density at radius 1 is 0.906 bits per heavy atom. The van der Waals surface area contributed by atoms with E-state index < -0.39 is 0 Å². The van der Waals surface area contributed by atoms with E-state index in [2.05, 4.69) is 20.8 Å². The molecule has 32 heavy (non-hydrogen) atoms. The Hall–Kier alpha value is -2.05. The molecule has 166 valence electrons. The van der Waals surface area contributed by atoms with Gasteiger partial charge >= 0.3 is 0 Å². The van der Waals surface area contributed by atoms with E-state index in [0.717, 1.165) is 34.4 Å². The molecule has 3 aromatic carbocycles. The Labute approximate surface area is 206 Å². The molecule has 0 saturated carbocycles. The van der Waals surface area contributed by atoms with E-state index >= 15 is 0 Å². The van der Waals surface area contributed by atoms with E-state index in [-0.39, 0.29) is 5.91 Å². The minimum atomic E-state index is 0.0471. The van der Waals surface area contributed by atoms with Gasteiger partial charge in [0.25, 0.3) is 5.91 Å². The highest BCUT2D eigenvalue weighted by Gasteiger charge is 2.23. The first-order valence-corrected chi connectivity index (χ1v) is 12.0. The molecule has 0 N–H and O–H groups in total. The largest absolute Gasteiger partial charge is 0.489 e. The third-order valence-electron chi connectivity index (χ3n) is 5.50. The fourth-order valence-electron chi connectivity index (χ4n) is 3.69. The van der Waals surface area contributed by atoms with Crippen LogP contribution in [0, 0.1) is 0 Å². The highest BCUT2D eigenvalue weighted by atomic mass is 79.9. The molecule has 0 atom stereocenters. The average Bonchev–Trinajstić information content (AvgIpc) is 2.81. The summed E-state index contributed by atoms with van der Waals surface area (Å²) in [6.07, 6.45) is 0. The van der Waals surface area contributed by atoms with Gasteiger partial charge < -0.3 is 9.64 Å². The van der Waals surface area contributed by atoms with Crippen molar-refractivity contribution in [2.45, 2.75) is 13.2 Å². The number of hydrogen-bond acceptors (Lipinski definition) is 3. The molecule has 0 bridgehead atoms. The van der Waals surface area contributed by atoms with E-state index in [4.69, 9.17) is 27.9 Å². The van der Waals surface area contributed by atoms with Gasteiger partial charge in [-0.15, -0.1) is 0 Å². The maximum Gasteiger partial charge on any atom is 0.253 e. The summed E-state index contributed by atoms with van der Waals surface area (Å²) >= 11 is 16.0. The first-order valence-electron chi connectivity index (χ1n) is 10.4. The fraction of sp³-hybridized carbons (Fsp3) is 0.240. The molecule has 1 fully saturated rings. The zero-order valence-corrected chi connectivity index (χ0v) is 20.5. The lowest BCUT2D eigenvalue weighted by Crippen LogP contribution is -2.48. The molecule has 1 saturated heterocycles. The van der Waals surface area contributed by atoms with Gasteiger partial charge in [-0.05, 0) is 54.1 Å². The van der Waals surface area contributed by atoms with Crippen LogP contribution in [0.3, 0.4) is 0 Å². The minimum absolute atomic E-state index is 0.0471. The van der Waals surface area contributed by atoms with Crippen molar-refractivity contribution in [1.82, 2.24) is 9.80 Å². The second-order valence-electron chi connectivity index (χ2n) is 7.71. The summed E-state index contributed by atoms with van der Waals surface area (Å²) in [5, 5.41) is 1.36. The smallest absolute Gasteiger partial charge is 0.253 e. The third kappa shape index (κ3) is 5.84. The van der Waals surface area contributed by atoms with E-state index in [1.54, 1.807) is 0 Å². The standard InChI is InChI=1S/C25H23BrCl2N2O2/c26-20-7-9-21(10-8-20)32-17-18-3-1-4-19(15-18)25(31)30-13-11-29(12-14-30)16-22-23(27)5-2-6-24(22)28/h1-10,15H,11-14,16-17H2. The molecular formula is C25H23BrCl2N2O2. The van der Waals surface area contributed by atoms with Gasteiger partial charge in [0.2, 0.25) is 0 Å². The molecule has 1 heterocycles. The highest BCUT2D eigenvalue weighted by molar-refractivity contribution is 9.10. The third-order valence-corrected chi connectivity index (χ3v) is 6.73. The van der Waals surface area contributed by atoms with E-state index in [9.17, 15) is 4.79 Å². The Morgan fingerprint density at radius 2 is 1.56 bits per heavy atom. The van der Waals surface area contributed by atoms with Crippen LogP contribution >= 0.6 is 39.1 Å². The van der Waals surface area contributed by atoms with E-state index in [0.29, 0.717) is 41.8 Å². The van der Waals surface area contributed by atoms with Crippen LogP contribution in [-0.2, 0) is 13.2 Å². The summed E-state index contributed by atoms with van der Waals surface area (Å²) in [5.41, 5.74) is 2.59. The molecule has 0 radical (unpaired) electrons. The fourth-order valence-corrected chi connectivity index (χ4v) is 4.47. The number of halogens is 3. The van der Waals surface area contributed by atoms with Crippen molar-refractivity contribution in [3.05, 3.63) is 97.9 Å². The Bertz CT molecular complexity index is 1060. The van der Waals surface area contributed by atoms with Crippen LogP contribution in [0.15, 0.2) is 71.2 Å². The summed E-state index contributed by atoms with van der Waals surface area (Å²) < 4.78 is 6.85. The van der Waals surface area contributed by atoms with Crippen LogP contribution in [0.25, 0.3) is 0 Å². The molecule has 0 aromatic heterocycles. The zero-order chi connectivity index (χ0) is 22.5.